The summed E-state index contributed by atoms with van der Waals surface area (Å²) >= 11 is 0. The smallest absolute Gasteiger partial charge is 0.261 e. The van der Waals surface area contributed by atoms with E-state index in [4.69, 9.17) is 0 Å². The Labute approximate surface area is 167 Å². The van der Waals surface area contributed by atoms with E-state index in [-0.39, 0.29) is 11.6 Å². The van der Waals surface area contributed by atoms with Gasteiger partial charge in [0.2, 0.25) is 0 Å². The van der Waals surface area contributed by atoms with Gasteiger partial charge in [0.15, 0.2) is 0 Å². The zero-order valence-electron chi connectivity index (χ0n) is 16.6. The Hall–Kier alpha value is -1.92. The molecule has 4 nitrogen and oxygen atoms in total. The number of nitrogens with zero attached hydrogens (tertiary/aromatic N) is 1. The van der Waals surface area contributed by atoms with Crippen molar-refractivity contribution in [3.63, 3.8) is 0 Å². The zero-order chi connectivity index (χ0) is 20.1. The van der Waals surface area contributed by atoms with Crippen molar-refractivity contribution in [2.24, 2.45) is 0 Å². The number of alkyl halides is 1. The Morgan fingerprint density at radius 1 is 1.11 bits per heavy atom. The second kappa shape index (κ2) is 9.05. The molecule has 0 saturated carbocycles. The number of halogens is 1. The van der Waals surface area contributed by atoms with Crippen LogP contribution in [0.1, 0.15) is 49.7 Å². The van der Waals surface area contributed by atoms with Crippen molar-refractivity contribution in [1.82, 2.24) is 4.90 Å². The molecule has 0 amide bonds. The van der Waals surface area contributed by atoms with Gasteiger partial charge in [0, 0.05) is 18.8 Å². The van der Waals surface area contributed by atoms with Crippen LogP contribution in [0.2, 0.25) is 0 Å². The summed E-state index contributed by atoms with van der Waals surface area (Å²) in [5, 5.41) is 0. The molecule has 0 unspecified atom stereocenters. The molecule has 0 aliphatic carbocycles. The molecule has 0 radical (unpaired) electrons. The molecule has 0 spiro atoms. The van der Waals surface area contributed by atoms with Crippen LogP contribution in [0.4, 0.5) is 10.1 Å². The third kappa shape index (κ3) is 5.11. The van der Waals surface area contributed by atoms with Gasteiger partial charge in [-0.25, -0.2) is 8.42 Å². The average Bonchev–Trinajstić information content (AvgIpc) is 3.15. The van der Waals surface area contributed by atoms with Crippen LogP contribution in [0, 0.1) is 0 Å². The van der Waals surface area contributed by atoms with Crippen molar-refractivity contribution in [2.75, 3.05) is 31.0 Å². The lowest BCUT2D eigenvalue weighted by Gasteiger charge is -2.15. The first-order valence-corrected chi connectivity index (χ1v) is 11.4. The first-order valence-electron chi connectivity index (χ1n) is 9.90. The van der Waals surface area contributed by atoms with Crippen molar-refractivity contribution in [1.29, 1.82) is 0 Å². The number of hydrogen-bond acceptors (Lipinski definition) is 3. The first-order chi connectivity index (χ1) is 13.4. The van der Waals surface area contributed by atoms with Crippen molar-refractivity contribution in [2.45, 2.75) is 43.4 Å². The molecule has 28 heavy (non-hydrogen) atoms. The van der Waals surface area contributed by atoms with E-state index < -0.39 is 10.0 Å². The van der Waals surface area contributed by atoms with Gasteiger partial charge in [-0.3, -0.25) is 9.11 Å². The lowest BCUT2D eigenvalue weighted by atomic mass is 9.98. The fourth-order valence-corrected chi connectivity index (χ4v) is 4.72. The maximum absolute atomic E-state index is 12.6. The monoisotopic (exact) mass is 404 g/mol. The van der Waals surface area contributed by atoms with Crippen LogP contribution in [-0.2, 0) is 10.0 Å². The normalized spacial score (nSPS) is 17.9. The van der Waals surface area contributed by atoms with E-state index in [0.29, 0.717) is 23.9 Å². The molecule has 152 valence electrons. The van der Waals surface area contributed by atoms with Gasteiger partial charge in [-0.05, 0) is 66.6 Å². The van der Waals surface area contributed by atoms with Crippen molar-refractivity contribution >= 4 is 15.7 Å². The Bertz CT molecular complexity index is 864. The summed E-state index contributed by atoms with van der Waals surface area (Å²) in [6.45, 7) is 6.62. The maximum Gasteiger partial charge on any atom is 0.261 e. The van der Waals surface area contributed by atoms with Crippen molar-refractivity contribution < 1.29 is 12.8 Å². The molecule has 3 rings (SSSR count). The molecule has 6 heteroatoms. The lowest BCUT2D eigenvalue weighted by molar-refractivity contribution is 0.309. The molecule has 2 aromatic rings. The number of sulfonamides is 1. The van der Waals surface area contributed by atoms with E-state index in [1.165, 1.54) is 5.56 Å². The number of anilines is 1. The highest BCUT2D eigenvalue weighted by atomic mass is 32.2. The third-order valence-electron chi connectivity index (χ3n) is 5.37. The number of likely N-dealkylation sites (tertiary alicyclic amines) is 1. The van der Waals surface area contributed by atoms with Crippen LogP contribution in [-0.4, -0.2) is 39.6 Å². The van der Waals surface area contributed by atoms with Gasteiger partial charge in [0.25, 0.3) is 10.0 Å². The van der Waals surface area contributed by atoms with Gasteiger partial charge in [-0.1, -0.05) is 38.1 Å². The fourth-order valence-electron chi connectivity index (χ4n) is 3.66. The highest BCUT2D eigenvalue weighted by molar-refractivity contribution is 7.92. The van der Waals surface area contributed by atoms with Crippen LogP contribution >= 0.6 is 0 Å². The molecule has 1 N–H and O–H groups in total. The summed E-state index contributed by atoms with van der Waals surface area (Å²) in [4.78, 5) is 2.56. The second-order valence-electron chi connectivity index (χ2n) is 7.78. The maximum atomic E-state index is 12.6. The largest absolute Gasteiger partial charge is 0.303 e. The van der Waals surface area contributed by atoms with E-state index in [1.807, 2.05) is 36.4 Å². The molecular weight excluding hydrogens is 375 g/mol. The summed E-state index contributed by atoms with van der Waals surface area (Å²) in [7, 11) is -3.60. The van der Waals surface area contributed by atoms with E-state index >= 15 is 0 Å². The van der Waals surface area contributed by atoms with Gasteiger partial charge in [-0.15, -0.1) is 0 Å². The molecule has 1 saturated heterocycles. The lowest BCUT2D eigenvalue weighted by Crippen LogP contribution is -2.21. The van der Waals surface area contributed by atoms with Crippen LogP contribution in [0.3, 0.4) is 0 Å². The van der Waals surface area contributed by atoms with Crippen LogP contribution in [0.15, 0.2) is 53.4 Å². The Kier molecular flexibility index (Phi) is 6.73. The first kappa shape index (κ1) is 20.8. The average molecular weight is 405 g/mol. The minimum absolute atomic E-state index is 0.264. The number of nitrogens with one attached hydrogen (secondary N) is 1. The Morgan fingerprint density at radius 2 is 1.79 bits per heavy atom. The SMILES string of the molecule is CC(C)c1ccc(S(=O)(=O)Nc2ccc([C@@H]3CCN(CCCF)C3)cc2)cc1. The fraction of sp³-hybridized carbons (Fsp3) is 0.455. The molecule has 1 heterocycles. The quantitative estimate of drug-likeness (QED) is 0.690. The van der Waals surface area contributed by atoms with Crippen LogP contribution in [0.5, 0.6) is 0 Å². The minimum atomic E-state index is -3.60. The summed E-state index contributed by atoms with van der Waals surface area (Å²) in [5.74, 6) is 0.787. The van der Waals surface area contributed by atoms with Crippen molar-refractivity contribution in [3.8, 4) is 0 Å². The Balaban J connectivity index is 1.63. The highest BCUT2D eigenvalue weighted by Crippen LogP contribution is 2.28. The van der Waals surface area contributed by atoms with Gasteiger partial charge in [0.1, 0.15) is 0 Å². The van der Waals surface area contributed by atoms with E-state index in [9.17, 15) is 12.8 Å². The molecule has 1 aliphatic rings. The molecule has 1 aliphatic heterocycles. The van der Waals surface area contributed by atoms with Gasteiger partial charge in [-0.2, -0.15) is 0 Å². The Morgan fingerprint density at radius 3 is 2.39 bits per heavy atom. The van der Waals surface area contributed by atoms with Gasteiger partial charge in [0.05, 0.1) is 11.6 Å². The predicted molar refractivity (Wildman–Crippen MR) is 112 cm³/mol. The molecule has 1 atom stereocenters. The number of benzene rings is 2. The molecule has 1 fully saturated rings. The highest BCUT2D eigenvalue weighted by Gasteiger charge is 2.23. The molecule has 0 aromatic heterocycles. The van der Waals surface area contributed by atoms with Crippen molar-refractivity contribution in [3.05, 3.63) is 59.7 Å². The van der Waals surface area contributed by atoms with Crippen LogP contribution < -0.4 is 4.72 Å². The third-order valence-corrected chi connectivity index (χ3v) is 6.77. The van der Waals surface area contributed by atoms with Gasteiger partial charge < -0.3 is 4.90 Å². The summed E-state index contributed by atoms with van der Waals surface area (Å²) in [6.07, 6.45) is 1.64. The molecule has 0 bridgehead atoms. The molecule has 2 aromatic carbocycles. The van der Waals surface area contributed by atoms with E-state index in [1.54, 1.807) is 12.1 Å². The van der Waals surface area contributed by atoms with E-state index in [0.717, 1.165) is 31.6 Å². The summed E-state index contributed by atoms with van der Waals surface area (Å²) < 4.78 is 40.2. The molecular formula is C22H29FN2O2S. The summed E-state index contributed by atoms with van der Waals surface area (Å²) in [5.41, 5.74) is 2.87. The zero-order valence-corrected chi connectivity index (χ0v) is 17.4. The second-order valence-corrected chi connectivity index (χ2v) is 9.46. The number of rotatable bonds is 8. The predicted octanol–water partition coefficient (Wildman–Crippen LogP) is 4.76. The summed E-state index contributed by atoms with van der Waals surface area (Å²) in [6, 6.07) is 14.6. The standard InChI is InChI=1S/C22H29FN2O2S/c1-17(2)18-6-10-22(11-7-18)28(26,27)24-21-8-4-19(5-9-21)20-12-15-25(16-20)14-3-13-23/h4-11,17,20,24H,3,12-16H2,1-2H3/t20-/m1/s1. The number of hydrogen-bond donors (Lipinski definition) is 1. The van der Waals surface area contributed by atoms with E-state index in [2.05, 4.69) is 23.5 Å². The van der Waals surface area contributed by atoms with Crippen LogP contribution in [0.25, 0.3) is 0 Å². The topological polar surface area (TPSA) is 49.4 Å². The minimum Gasteiger partial charge on any atom is -0.303 e. The van der Waals surface area contributed by atoms with Gasteiger partial charge >= 0.3 is 0 Å².